The molecule has 0 saturated heterocycles. The molecule has 4 heteroatoms. The maximum absolute atomic E-state index is 5.85. The highest BCUT2D eigenvalue weighted by Gasteiger charge is 2.33. The molecule has 3 unspecified atom stereocenters. The van der Waals surface area contributed by atoms with Crippen LogP contribution in [0.1, 0.15) is 57.7 Å². The van der Waals surface area contributed by atoms with E-state index in [4.69, 9.17) is 19.9 Å². The summed E-state index contributed by atoms with van der Waals surface area (Å²) in [6.07, 6.45) is 17.6. The van der Waals surface area contributed by atoms with E-state index in [0.29, 0.717) is 0 Å². The lowest BCUT2D eigenvalue weighted by molar-refractivity contribution is 0.738. The summed E-state index contributed by atoms with van der Waals surface area (Å²) in [6.45, 7) is 0. The largest absolute Gasteiger partial charge is 0.248 e. The molecule has 4 nitrogen and oxygen atoms in total. The molecule has 0 bridgehead atoms. The molecule has 3 aliphatic carbocycles. The minimum absolute atomic E-state index is 0.0159. The zero-order valence-electron chi connectivity index (χ0n) is 44.6. The fourth-order valence-corrected chi connectivity index (χ4v) is 14.5. The molecule has 0 aliphatic heterocycles. The van der Waals surface area contributed by atoms with Crippen LogP contribution in [-0.2, 0) is 0 Å². The SMILES string of the molecule is C1=CC(c2nc(-c3ccc(-c4c5ccccc5nc5ccccc45)cc3)nc3c(C4C=Cc5ccc6cccc7c6c5C4C=C7)cc(-c4ccc5ccc6cccc7ccc4c5c67)cc23)CC=C1c1c2ccccc2nc2ccccc12. The number of aromatic nitrogens is 4. The number of pyridine rings is 2. The molecule has 380 valence electrons. The van der Waals surface area contributed by atoms with Crippen molar-refractivity contribution < 1.29 is 0 Å². The van der Waals surface area contributed by atoms with Crippen LogP contribution in [0, 0.1) is 0 Å². The Balaban J connectivity index is 0.880. The van der Waals surface area contributed by atoms with Crippen molar-refractivity contribution in [3.63, 3.8) is 0 Å². The Hall–Kier alpha value is -10.4. The maximum atomic E-state index is 5.85. The van der Waals surface area contributed by atoms with Crippen molar-refractivity contribution in [3.8, 4) is 33.6 Å². The van der Waals surface area contributed by atoms with Crippen LogP contribution in [0.25, 0.3) is 149 Å². The van der Waals surface area contributed by atoms with Crippen LogP contribution in [-0.4, -0.2) is 19.9 Å². The Kier molecular flexibility index (Phi) is 9.72. The number of benzene rings is 12. The summed E-state index contributed by atoms with van der Waals surface area (Å²) in [4.78, 5) is 21.8. The molecular formula is C78H48N4. The van der Waals surface area contributed by atoms with Crippen LogP contribution in [0.4, 0.5) is 0 Å². The first-order valence-corrected chi connectivity index (χ1v) is 28.6. The van der Waals surface area contributed by atoms with Crippen molar-refractivity contribution in [2.45, 2.75) is 24.2 Å². The molecule has 0 amide bonds. The Labute approximate surface area is 472 Å². The van der Waals surface area contributed by atoms with Gasteiger partial charge < -0.3 is 0 Å². The van der Waals surface area contributed by atoms with Crippen molar-refractivity contribution in [1.29, 1.82) is 0 Å². The van der Waals surface area contributed by atoms with Crippen LogP contribution in [0.15, 0.2) is 249 Å². The fraction of sp³-hybridized carbons (Fsp3) is 0.0513. The fourth-order valence-electron chi connectivity index (χ4n) is 14.5. The van der Waals surface area contributed by atoms with E-state index in [-0.39, 0.29) is 17.8 Å². The number of rotatable bonds is 6. The predicted octanol–water partition coefficient (Wildman–Crippen LogP) is 20.1. The van der Waals surface area contributed by atoms with Crippen LogP contribution in [0.5, 0.6) is 0 Å². The van der Waals surface area contributed by atoms with Gasteiger partial charge in [-0.15, -0.1) is 0 Å². The van der Waals surface area contributed by atoms with Gasteiger partial charge in [0.05, 0.1) is 33.3 Å². The van der Waals surface area contributed by atoms with Crippen LogP contribution in [0.2, 0.25) is 0 Å². The number of nitrogens with zero attached hydrogens (tertiary/aromatic N) is 4. The summed E-state index contributed by atoms with van der Waals surface area (Å²) < 4.78 is 0. The third kappa shape index (κ3) is 6.79. The molecule has 0 N–H and O–H groups in total. The molecule has 12 aromatic carbocycles. The predicted molar refractivity (Wildman–Crippen MR) is 344 cm³/mol. The highest BCUT2D eigenvalue weighted by atomic mass is 14.9. The smallest absolute Gasteiger partial charge is 0.160 e. The first-order chi connectivity index (χ1) is 40.6. The average molecular weight is 1040 g/mol. The molecule has 18 rings (SSSR count). The molecule has 3 atom stereocenters. The number of hydrogen-bond donors (Lipinski definition) is 0. The summed E-state index contributed by atoms with van der Waals surface area (Å²) in [5.74, 6) is 0.749. The van der Waals surface area contributed by atoms with Crippen molar-refractivity contribution in [1.82, 2.24) is 19.9 Å². The lowest BCUT2D eigenvalue weighted by Crippen LogP contribution is -2.16. The van der Waals surface area contributed by atoms with E-state index in [1.165, 1.54) is 93.2 Å². The molecule has 0 fully saturated rings. The van der Waals surface area contributed by atoms with Gasteiger partial charge in [-0.05, 0) is 130 Å². The molecule has 15 aromatic rings. The standard InChI is InChI=1S/C78H48N4/c1-5-19-66-60(15-1)72(61-16-2-6-20-67(61)79-66)49-27-31-53(32-28-49)76-65-44-55(56-39-35-51-25-23-45-11-9-13-47-37-41-58(56)74(51)70(45)47)43-64(57-40-36-52-26-24-46-12-10-14-48-38-42-59(57)75(52)71(46)48)77(65)82-78(81-76)54-33-29-50(30-34-54)73-62-17-3-7-21-68(62)80-69-22-8-4-18-63(69)73/h1-31,33-44,53,57,59H,32H2. The van der Waals surface area contributed by atoms with Gasteiger partial charge in [0.2, 0.25) is 0 Å². The zero-order chi connectivity index (χ0) is 53.6. The molecule has 82 heavy (non-hydrogen) atoms. The Bertz CT molecular complexity index is 5270. The maximum Gasteiger partial charge on any atom is 0.160 e. The Morgan fingerprint density at radius 3 is 1.61 bits per heavy atom. The molecular weight excluding hydrogens is 993 g/mol. The van der Waals surface area contributed by atoms with Crippen molar-refractivity contribution in [2.24, 2.45) is 0 Å². The highest BCUT2D eigenvalue weighted by Crippen LogP contribution is 2.51. The van der Waals surface area contributed by atoms with Gasteiger partial charge in [-0.3, -0.25) is 0 Å². The third-order valence-electron chi connectivity index (χ3n) is 18.2. The van der Waals surface area contributed by atoms with E-state index in [1.807, 2.05) is 0 Å². The second-order valence-corrected chi connectivity index (χ2v) is 22.6. The Morgan fingerprint density at radius 2 is 0.927 bits per heavy atom. The van der Waals surface area contributed by atoms with E-state index in [2.05, 4.69) is 261 Å². The molecule has 0 radical (unpaired) electrons. The van der Waals surface area contributed by atoms with Gasteiger partial charge in [0, 0.05) is 61.4 Å². The average Bonchev–Trinajstić information content (AvgIpc) is 3.13. The Morgan fingerprint density at radius 1 is 0.354 bits per heavy atom. The van der Waals surface area contributed by atoms with Gasteiger partial charge in [-0.2, -0.15) is 0 Å². The highest BCUT2D eigenvalue weighted by molar-refractivity contribution is 6.25. The zero-order valence-corrected chi connectivity index (χ0v) is 44.6. The van der Waals surface area contributed by atoms with E-state index in [0.717, 1.165) is 83.6 Å². The molecule has 3 aromatic heterocycles. The minimum atomic E-state index is -0.0469. The second-order valence-electron chi connectivity index (χ2n) is 22.6. The van der Waals surface area contributed by atoms with Gasteiger partial charge in [-0.1, -0.05) is 225 Å². The van der Waals surface area contributed by atoms with Gasteiger partial charge >= 0.3 is 0 Å². The lowest BCUT2D eigenvalue weighted by atomic mass is 9.70. The minimum Gasteiger partial charge on any atom is -0.248 e. The normalized spacial score (nSPS) is 16.5. The molecule has 3 heterocycles. The molecule has 0 saturated carbocycles. The van der Waals surface area contributed by atoms with Crippen molar-refractivity contribution in [2.75, 3.05) is 0 Å². The third-order valence-corrected chi connectivity index (χ3v) is 18.2. The summed E-state index contributed by atoms with van der Waals surface area (Å²) in [5.41, 5.74) is 19.2. The summed E-state index contributed by atoms with van der Waals surface area (Å²) >= 11 is 0. The number of hydrogen-bond acceptors (Lipinski definition) is 4. The quantitative estimate of drug-likeness (QED) is 0.123. The summed E-state index contributed by atoms with van der Waals surface area (Å²) in [5, 5.41) is 15.9. The van der Waals surface area contributed by atoms with E-state index in [9.17, 15) is 0 Å². The van der Waals surface area contributed by atoms with Crippen LogP contribution < -0.4 is 0 Å². The first kappa shape index (κ1) is 45.4. The van der Waals surface area contributed by atoms with Gasteiger partial charge in [-0.25, -0.2) is 19.9 Å². The number of para-hydroxylation sites is 4. The number of fused-ring (bicyclic) bond motifs is 5. The monoisotopic (exact) mass is 1040 g/mol. The van der Waals surface area contributed by atoms with Gasteiger partial charge in [0.15, 0.2) is 5.82 Å². The van der Waals surface area contributed by atoms with E-state index < -0.39 is 0 Å². The second kappa shape index (κ2) is 17.5. The van der Waals surface area contributed by atoms with Gasteiger partial charge in [0.1, 0.15) is 0 Å². The topological polar surface area (TPSA) is 51.6 Å². The number of allylic oxidation sites excluding steroid dienone is 6. The van der Waals surface area contributed by atoms with E-state index >= 15 is 0 Å². The lowest BCUT2D eigenvalue weighted by Gasteiger charge is -2.33. The van der Waals surface area contributed by atoms with Crippen LogP contribution >= 0.6 is 0 Å². The molecule has 3 aliphatic rings. The van der Waals surface area contributed by atoms with E-state index in [1.54, 1.807) is 0 Å². The summed E-state index contributed by atoms with van der Waals surface area (Å²) in [6, 6.07) is 79.8. The summed E-state index contributed by atoms with van der Waals surface area (Å²) in [7, 11) is 0. The first-order valence-electron chi connectivity index (χ1n) is 28.6. The van der Waals surface area contributed by atoms with Crippen molar-refractivity contribution >= 4 is 115 Å². The van der Waals surface area contributed by atoms with Crippen LogP contribution in [0.3, 0.4) is 0 Å². The van der Waals surface area contributed by atoms with Gasteiger partial charge in [0.25, 0.3) is 0 Å². The molecule has 0 spiro atoms. The van der Waals surface area contributed by atoms with Crippen molar-refractivity contribution in [3.05, 3.63) is 282 Å².